The van der Waals surface area contributed by atoms with E-state index in [4.69, 9.17) is 4.74 Å². The number of nitrogens with zero attached hydrogens (tertiary/aromatic N) is 2. The van der Waals surface area contributed by atoms with Gasteiger partial charge in [0, 0.05) is 30.5 Å². The molecule has 3 aliphatic heterocycles. The van der Waals surface area contributed by atoms with Crippen molar-refractivity contribution in [1.82, 2.24) is 15.2 Å². The summed E-state index contributed by atoms with van der Waals surface area (Å²) in [6.45, 7) is 4.70. The molecule has 3 aliphatic rings. The molecule has 1 aromatic carbocycles. The largest absolute Gasteiger partial charge is 0.431 e. The first-order valence-corrected chi connectivity index (χ1v) is 9.99. The van der Waals surface area contributed by atoms with Gasteiger partial charge in [0.05, 0.1) is 0 Å². The SMILES string of the molecule is CC(=O)Nc1csc(Oc2ccc(C(=O)NC3CN4CCC3CC4)cc2)n1. The summed E-state index contributed by atoms with van der Waals surface area (Å²) >= 11 is 1.30. The van der Waals surface area contributed by atoms with Crippen molar-refractivity contribution in [3.63, 3.8) is 0 Å². The van der Waals surface area contributed by atoms with Crippen LogP contribution in [0, 0.1) is 5.92 Å². The third-order valence-electron chi connectivity index (χ3n) is 5.08. The smallest absolute Gasteiger partial charge is 0.280 e. The number of benzene rings is 1. The summed E-state index contributed by atoms with van der Waals surface area (Å²) in [5.41, 5.74) is 0.622. The second-order valence-electron chi connectivity index (χ2n) is 7.02. The van der Waals surface area contributed by atoms with E-state index in [-0.39, 0.29) is 17.9 Å². The monoisotopic (exact) mass is 386 g/mol. The standard InChI is InChI=1S/C19H22N4O3S/c1-12(24)20-17-11-27-19(22-17)26-15-4-2-14(3-5-15)18(25)21-16-10-23-8-6-13(16)7-9-23/h2-5,11,13,16H,6-10H2,1H3,(H,20,24)(H,21,25). The lowest BCUT2D eigenvalue weighted by Crippen LogP contribution is -2.57. The zero-order valence-corrected chi connectivity index (χ0v) is 15.9. The maximum Gasteiger partial charge on any atom is 0.280 e. The molecule has 27 heavy (non-hydrogen) atoms. The van der Waals surface area contributed by atoms with E-state index in [1.54, 1.807) is 29.6 Å². The number of rotatable bonds is 5. The molecule has 7 nitrogen and oxygen atoms in total. The van der Waals surface area contributed by atoms with Crippen LogP contribution in [0.4, 0.5) is 5.82 Å². The number of hydrogen-bond donors (Lipinski definition) is 2. The summed E-state index contributed by atoms with van der Waals surface area (Å²) in [4.78, 5) is 30.2. The average Bonchev–Trinajstić information content (AvgIpc) is 3.09. The molecule has 2 amide bonds. The van der Waals surface area contributed by atoms with Crippen molar-refractivity contribution in [3.8, 4) is 10.9 Å². The van der Waals surface area contributed by atoms with Gasteiger partial charge in [-0.05, 0) is 56.1 Å². The van der Waals surface area contributed by atoms with E-state index in [2.05, 4.69) is 20.5 Å². The first-order chi connectivity index (χ1) is 13.1. The van der Waals surface area contributed by atoms with E-state index in [1.807, 2.05) is 0 Å². The van der Waals surface area contributed by atoms with E-state index < -0.39 is 0 Å². The topological polar surface area (TPSA) is 83.6 Å². The van der Waals surface area contributed by atoms with Crippen molar-refractivity contribution in [3.05, 3.63) is 35.2 Å². The molecule has 8 heteroatoms. The predicted molar refractivity (Wildman–Crippen MR) is 103 cm³/mol. The molecule has 5 rings (SSSR count). The van der Waals surface area contributed by atoms with E-state index >= 15 is 0 Å². The van der Waals surface area contributed by atoms with Gasteiger partial charge < -0.3 is 20.3 Å². The summed E-state index contributed by atoms with van der Waals surface area (Å²) in [7, 11) is 0. The zero-order chi connectivity index (χ0) is 18.8. The van der Waals surface area contributed by atoms with Crippen LogP contribution in [0.25, 0.3) is 0 Å². The Kier molecular flexibility index (Phi) is 5.09. The van der Waals surface area contributed by atoms with Gasteiger partial charge in [-0.1, -0.05) is 11.3 Å². The number of fused-ring (bicyclic) bond motifs is 3. The molecule has 142 valence electrons. The lowest BCUT2D eigenvalue weighted by atomic mass is 9.84. The summed E-state index contributed by atoms with van der Waals surface area (Å²) < 4.78 is 5.68. The van der Waals surface area contributed by atoms with Crippen LogP contribution < -0.4 is 15.4 Å². The number of carbonyl (C=O) groups is 2. The molecule has 1 atom stereocenters. The molecule has 0 spiro atoms. The molecule has 0 saturated carbocycles. The minimum Gasteiger partial charge on any atom is -0.431 e. The number of anilines is 1. The number of piperidine rings is 3. The highest BCUT2D eigenvalue weighted by Crippen LogP contribution is 2.29. The number of nitrogens with one attached hydrogen (secondary N) is 2. The van der Waals surface area contributed by atoms with Crippen LogP contribution in [0.5, 0.6) is 10.9 Å². The van der Waals surface area contributed by atoms with Gasteiger partial charge in [-0.25, -0.2) is 0 Å². The molecule has 3 fully saturated rings. The van der Waals surface area contributed by atoms with Crippen LogP contribution in [-0.2, 0) is 4.79 Å². The van der Waals surface area contributed by atoms with E-state index in [9.17, 15) is 9.59 Å². The second kappa shape index (κ2) is 7.66. The molecule has 2 N–H and O–H groups in total. The minimum atomic E-state index is -0.176. The first kappa shape index (κ1) is 17.9. The maximum atomic E-state index is 12.5. The van der Waals surface area contributed by atoms with Crippen LogP contribution in [0.3, 0.4) is 0 Å². The quantitative estimate of drug-likeness (QED) is 0.826. The molecular weight excluding hydrogens is 364 g/mol. The van der Waals surface area contributed by atoms with E-state index in [1.165, 1.54) is 31.1 Å². The molecular formula is C19H22N4O3S. The lowest BCUT2D eigenvalue weighted by Gasteiger charge is -2.44. The summed E-state index contributed by atoms with van der Waals surface area (Å²) in [5.74, 6) is 1.45. The number of ether oxygens (including phenoxy) is 1. The van der Waals surface area contributed by atoms with Crippen molar-refractivity contribution in [1.29, 1.82) is 0 Å². The zero-order valence-electron chi connectivity index (χ0n) is 15.1. The number of carbonyl (C=O) groups excluding carboxylic acids is 2. The van der Waals surface area contributed by atoms with Gasteiger partial charge >= 0.3 is 0 Å². The molecule has 0 aliphatic carbocycles. The fraction of sp³-hybridized carbons (Fsp3) is 0.421. The van der Waals surface area contributed by atoms with Gasteiger partial charge in [0.25, 0.3) is 11.1 Å². The van der Waals surface area contributed by atoms with Crippen LogP contribution in [0.2, 0.25) is 0 Å². The summed E-state index contributed by atoms with van der Waals surface area (Å²) in [6.07, 6.45) is 2.35. The Morgan fingerprint density at radius 3 is 2.59 bits per heavy atom. The average molecular weight is 386 g/mol. The van der Waals surface area contributed by atoms with Gasteiger partial charge in [0.15, 0.2) is 0 Å². The van der Waals surface area contributed by atoms with Crippen molar-refractivity contribution in [2.45, 2.75) is 25.8 Å². The third kappa shape index (κ3) is 4.28. The highest BCUT2D eigenvalue weighted by molar-refractivity contribution is 7.11. The predicted octanol–water partition coefficient (Wildman–Crippen LogP) is 2.72. The van der Waals surface area contributed by atoms with Crippen LogP contribution in [0.1, 0.15) is 30.1 Å². The third-order valence-corrected chi connectivity index (χ3v) is 5.80. The normalized spacial score (nSPS) is 23.7. The Hall–Kier alpha value is -2.45. The van der Waals surface area contributed by atoms with Gasteiger partial charge in [-0.15, -0.1) is 0 Å². The fourth-order valence-electron chi connectivity index (χ4n) is 3.70. The number of hydrogen-bond acceptors (Lipinski definition) is 6. The number of aromatic nitrogens is 1. The van der Waals surface area contributed by atoms with Gasteiger partial charge in [0.1, 0.15) is 11.6 Å². The summed E-state index contributed by atoms with van der Waals surface area (Å²) in [5, 5.41) is 7.94. The van der Waals surface area contributed by atoms with Gasteiger partial charge in [-0.2, -0.15) is 4.98 Å². The summed E-state index contributed by atoms with van der Waals surface area (Å²) in [6, 6.07) is 7.27. The van der Waals surface area contributed by atoms with Crippen LogP contribution in [0.15, 0.2) is 29.6 Å². The fourth-order valence-corrected chi connectivity index (χ4v) is 4.32. The molecule has 2 aromatic rings. The Balaban J connectivity index is 1.35. The lowest BCUT2D eigenvalue weighted by molar-refractivity contribution is -0.114. The van der Waals surface area contributed by atoms with Crippen molar-refractivity contribution >= 4 is 29.0 Å². The Labute approximate surface area is 161 Å². The molecule has 1 aromatic heterocycles. The van der Waals surface area contributed by atoms with E-state index in [0.717, 1.165) is 19.6 Å². The second-order valence-corrected chi connectivity index (χ2v) is 7.84. The first-order valence-electron chi connectivity index (χ1n) is 9.11. The Morgan fingerprint density at radius 1 is 1.22 bits per heavy atom. The molecule has 4 heterocycles. The maximum absolute atomic E-state index is 12.5. The molecule has 1 unspecified atom stereocenters. The molecule has 3 saturated heterocycles. The Bertz CT molecular complexity index is 828. The molecule has 2 bridgehead atoms. The molecule has 0 radical (unpaired) electrons. The highest BCUT2D eigenvalue weighted by Gasteiger charge is 2.34. The highest BCUT2D eigenvalue weighted by atomic mass is 32.1. The minimum absolute atomic E-state index is 0.0394. The van der Waals surface area contributed by atoms with Gasteiger partial charge in [-0.3, -0.25) is 9.59 Å². The van der Waals surface area contributed by atoms with Crippen molar-refractivity contribution in [2.75, 3.05) is 25.0 Å². The van der Waals surface area contributed by atoms with Crippen molar-refractivity contribution < 1.29 is 14.3 Å². The number of thiazole rings is 1. The Morgan fingerprint density at radius 2 is 1.96 bits per heavy atom. The van der Waals surface area contributed by atoms with E-state index in [0.29, 0.717) is 28.2 Å². The van der Waals surface area contributed by atoms with Crippen LogP contribution >= 0.6 is 11.3 Å². The van der Waals surface area contributed by atoms with Crippen LogP contribution in [-0.4, -0.2) is 47.4 Å². The van der Waals surface area contributed by atoms with Gasteiger partial charge in [0.2, 0.25) is 5.91 Å². The van der Waals surface area contributed by atoms with Crippen molar-refractivity contribution in [2.24, 2.45) is 5.92 Å². The number of amides is 2.